The normalized spacial score (nSPS) is 12.7. The Labute approximate surface area is 95.1 Å². The van der Waals surface area contributed by atoms with Crippen LogP contribution in [0.4, 0.5) is 0 Å². The average Bonchev–Trinajstić information content (AvgIpc) is 2.78. The fourth-order valence-electron chi connectivity index (χ4n) is 1.88. The molecule has 0 aliphatic heterocycles. The Kier molecular flexibility index (Phi) is 3.01. The van der Waals surface area contributed by atoms with E-state index in [4.69, 9.17) is 0 Å². The quantitative estimate of drug-likeness (QED) is 0.821. The van der Waals surface area contributed by atoms with Crippen LogP contribution in [0.5, 0.6) is 0 Å². The second-order valence-corrected chi connectivity index (χ2v) is 3.98. The second kappa shape index (κ2) is 4.45. The summed E-state index contributed by atoms with van der Waals surface area (Å²) in [5, 5.41) is 13.9. The van der Waals surface area contributed by atoms with E-state index in [0.717, 1.165) is 5.69 Å². The largest absolute Gasteiger partial charge is 0.308 e. The van der Waals surface area contributed by atoms with E-state index >= 15 is 0 Å². The third kappa shape index (κ3) is 1.97. The Balaban J connectivity index is 2.44. The van der Waals surface area contributed by atoms with Gasteiger partial charge in [-0.3, -0.25) is 0 Å². The molecule has 1 aromatic heterocycles. The van der Waals surface area contributed by atoms with E-state index in [2.05, 4.69) is 52.8 Å². The number of aryl methyl sites for hydroxylation is 2. The number of hydrogen-bond donors (Lipinski definition) is 2. The van der Waals surface area contributed by atoms with Crippen molar-refractivity contribution in [3.8, 4) is 0 Å². The van der Waals surface area contributed by atoms with Crippen molar-refractivity contribution >= 4 is 0 Å². The molecule has 1 atom stereocenters. The highest BCUT2D eigenvalue weighted by molar-refractivity contribution is 5.36. The summed E-state index contributed by atoms with van der Waals surface area (Å²) in [5.74, 6) is 0. The zero-order chi connectivity index (χ0) is 11.5. The molecule has 0 spiro atoms. The van der Waals surface area contributed by atoms with Gasteiger partial charge in [0.2, 0.25) is 0 Å². The molecule has 1 heterocycles. The van der Waals surface area contributed by atoms with Crippen molar-refractivity contribution in [2.45, 2.75) is 19.9 Å². The zero-order valence-electron chi connectivity index (χ0n) is 9.78. The molecule has 0 fully saturated rings. The fraction of sp³-hybridized carbons (Fsp3) is 0.333. The summed E-state index contributed by atoms with van der Waals surface area (Å²) in [6, 6.07) is 6.54. The molecule has 84 valence electrons. The van der Waals surface area contributed by atoms with Crippen LogP contribution in [-0.2, 0) is 0 Å². The first kappa shape index (κ1) is 10.8. The van der Waals surface area contributed by atoms with E-state index in [1.54, 1.807) is 6.20 Å². The standard InChI is InChI=1S/C12H16N4/c1-8-4-5-9(2)10(6-8)12(13-3)11-7-14-16-15-11/h4-7,12-13H,1-3H3,(H,14,15,16). The second-order valence-electron chi connectivity index (χ2n) is 3.98. The van der Waals surface area contributed by atoms with Crippen molar-refractivity contribution in [2.24, 2.45) is 0 Å². The van der Waals surface area contributed by atoms with Gasteiger partial charge in [0.05, 0.1) is 12.2 Å². The number of aromatic nitrogens is 3. The Hall–Kier alpha value is -1.68. The molecule has 1 unspecified atom stereocenters. The SMILES string of the molecule is CNC(c1cn[nH]n1)c1cc(C)ccc1C. The van der Waals surface area contributed by atoms with E-state index in [-0.39, 0.29) is 6.04 Å². The maximum atomic E-state index is 4.14. The van der Waals surface area contributed by atoms with Crippen LogP contribution in [0.3, 0.4) is 0 Å². The molecule has 0 aliphatic carbocycles. The Morgan fingerprint density at radius 1 is 1.31 bits per heavy atom. The van der Waals surface area contributed by atoms with E-state index in [1.165, 1.54) is 16.7 Å². The maximum Gasteiger partial charge on any atom is 0.104 e. The molecule has 2 aromatic rings. The lowest BCUT2D eigenvalue weighted by Gasteiger charge is -2.16. The summed E-state index contributed by atoms with van der Waals surface area (Å²) < 4.78 is 0. The first-order valence-electron chi connectivity index (χ1n) is 5.32. The first-order valence-corrected chi connectivity index (χ1v) is 5.32. The van der Waals surface area contributed by atoms with Crippen molar-refractivity contribution in [3.63, 3.8) is 0 Å². The van der Waals surface area contributed by atoms with Crippen molar-refractivity contribution in [1.82, 2.24) is 20.7 Å². The average molecular weight is 216 g/mol. The summed E-state index contributed by atoms with van der Waals surface area (Å²) in [6.45, 7) is 4.21. The Morgan fingerprint density at radius 2 is 2.12 bits per heavy atom. The van der Waals surface area contributed by atoms with Gasteiger partial charge in [-0.1, -0.05) is 23.8 Å². The zero-order valence-corrected chi connectivity index (χ0v) is 9.78. The molecule has 4 heteroatoms. The fourth-order valence-corrected chi connectivity index (χ4v) is 1.88. The molecule has 0 saturated heterocycles. The van der Waals surface area contributed by atoms with E-state index in [0.29, 0.717) is 0 Å². The van der Waals surface area contributed by atoms with Gasteiger partial charge in [-0.15, -0.1) is 0 Å². The highest BCUT2D eigenvalue weighted by Gasteiger charge is 2.16. The van der Waals surface area contributed by atoms with E-state index in [1.807, 2.05) is 7.05 Å². The topological polar surface area (TPSA) is 53.6 Å². The van der Waals surface area contributed by atoms with Crippen molar-refractivity contribution in [2.75, 3.05) is 7.05 Å². The van der Waals surface area contributed by atoms with Crippen LogP contribution in [0.25, 0.3) is 0 Å². The molecule has 0 radical (unpaired) electrons. The third-order valence-corrected chi connectivity index (χ3v) is 2.76. The highest BCUT2D eigenvalue weighted by atomic mass is 15.3. The smallest absolute Gasteiger partial charge is 0.104 e. The summed E-state index contributed by atoms with van der Waals surface area (Å²) in [7, 11) is 1.93. The maximum absolute atomic E-state index is 4.14. The molecule has 1 aromatic carbocycles. The summed E-state index contributed by atoms with van der Waals surface area (Å²) in [6.07, 6.45) is 1.75. The lowest BCUT2D eigenvalue weighted by molar-refractivity contribution is 0.663. The van der Waals surface area contributed by atoms with Gasteiger partial charge in [0.25, 0.3) is 0 Å². The third-order valence-electron chi connectivity index (χ3n) is 2.76. The lowest BCUT2D eigenvalue weighted by atomic mass is 9.97. The van der Waals surface area contributed by atoms with Crippen LogP contribution in [0.2, 0.25) is 0 Å². The van der Waals surface area contributed by atoms with Crippen molar-refractivity contribution in [1.29, 1.82) is 0 Å². The number of H-pyrrole nitrogens is 1. The van der Waals surface area contributed by atoms with Gasteiger partial charge in [-0.25, -0.2) is 0 Å². The minimum atomic E-state index is 0.0960. The molecule has 16 heavy (non-hydrogen) atoms. The minimum absolute atomic E-state index is 0.0960. The summed E-state index contributed by atoms with van der Waals surface area (Å²) in [5.41, 5.74) is 4.67. The Morgan fingerprint density at radius 3 is 2.75 bits per heavy atom. The summed E-state index contributed by atoms with van der Waals surface area (Å²) >= 11 is 0. The van der Waals surface area contributed by atoms with E-state index < -0.39 is 0 Å². The number of nitrogens with zero attached hydrogens (tertiary/aromatic N) is 2. The predicted octanol–water partition coefficient (Wildman–Crippen LogP) is 1.73. The van der Waals surface area contributed by atoms with Crippen LogP contribution >= 0.6 is 0 Å². The van der Waals surface area contributed by atoms with Gasteiger partial charge in [0, 0.05) is 0 Å². The summed E-state index contributed by atoms with van der Waals surface area (Å²) in [4.78, 5) is 0. The van der Waals surface area contributed by atoms with Gasteiger partial charge in [-0.05, 0) is 32.0 Å². The number of nitrogens with one attached hydrogen (secondary N) is 2. The number of benzene rings is 1. The number of rotatable bonds is 3. The number of aromatic amines is 1. The molecule has 2 N–H and O–H groups in total. The van der Waals surface area contributed by atoms with Crippen molar-refractivity contribution < 1.29 is 0 Å². The predicted molar refractivity (Wildman–Crippen MR) is 63.2 cm³/mol. The van der Waals surface area contributed by atoms with Gasteiger partial charge in [0.15, 0.2) is 0 Å². The molecular weight excluding hydrogens is 200 g/mol. The van der Waals surface area contributed by atoms with Crippen LogP contribution in [0, 0.1) is 13.8 Å². The minimum Gasteiger partial charge on any atom is -0.308 e. The molecular formula is C12H16N4. The monoisotopic (exact) mass is 216 g/mol. The molecule has 0 amide bonds. The number of hydrogen-bond acceptors (Lipinski definition) is 3. The molecule has 4 nitrogen and oxygen atoms in total. The first-order chi connectivity index (χ1) is 7.72. The van der Waals surface area contributed by atoms with Crippen LogP contribution in [-0.4, -0.2) is 22.5 Å². The van der Waals surface area contributed by atoms with Gasteiger partial charge in [0.1, 0.15) is 5.69 Å². The van der Waals surface area contributed by atoms with Gasteiger partial charge in [-0.2, -0.15) is 15.4 Å². The van der Waals surface area contributed by atoms with Gasteiger partial charge >= 0.3 is 0 Å². The van der Waals surface area contributed by atoms with Crippen LogP contribution in [0.15, 0.2) is 24.4 Å². The van der Waals surface area contributed by atoms with Gasteiger partial charge < -0.3 is 5.32 Å². The van der Waals surface area contributed by atoms with E-state index in [9.17, 15) is 0 Å². The Bertz CT molecular complexity index is 462. The molecule has 0 aliphatic rings. The van der Waals surface area contributed by atoms with Crippen molar-refractivity contribution in [3.05, 3.63) is 46.8 Å². The highest BCUT2D eigenvalue weighted by Crippen LogP contribution is 2.23. The van der Waals surface area contributed by atoms with Crippen LogP contribution in [0.1, 0.15) is 28.4 Å². The molecule has 0 bridgehead atoms. The molecule has 2 rings (SSSR count). The van der Waals surface area contributed by atoms with Crippen LogP contribution < -0.4 is 5.32 Å². The molecule has 0 saturated carbocycles. The lowest BCUT2D eigenvalue weighted by Crippen LogP contribution is -2.19.